The molecule has 1 aliphatic heterocycles. The molecular weight excluding hydrogens is 497 g/mol. The van der Waals surface area contributed by atoms with Crippen LogP contribution in [-0.2, 0) is 6.54 Å². The third-order valence-corrected chi connectivity index (χ3v) is 5.97. The molecule has 27 heavy (non-hydrogen) atoms. The summed E-state index contributed by atoms with van der Waals surface area (Å²) in [5.41, 5.74) is 0.827. The topological polar surface area (TPSA) is 75.3 Å². The third-order valence-electron chi connectivity index (χ3n) is 4.20. The highest BCUT2D eigenvalue weighted by Gasteiger charge is 2.29. The van der Waals surface area contributed by atoms with Crippen molar-refractivity contribution in [3.63, 3.8) is 0 Å². The zero-order valence-corrected chi connectivity index (χ0v) is 19.4. The van der Waals surface area contributed by atoms with E-state index in [0.29, 0.717) is 23.3 Å². The van der Waals surface area contributed by atoms with Crippen LogP contribution in [0.25, 0.3) is 11.4 Å². The predicted molar refractivity (Wildman–Crippen MR) is 123 cm³/mol. The molecule has 1 aromatic carbocycles. The summed E-state index contributed by atoms with van der Waals surface area (Å²) in [6.45, 7) is 6.37. The van der Waals surface area contributed by atoms with Crippen LogP contribution >= 0.6 is 47.3 Å². The Kier molecular flexibility index (Phi) is 8.68. The number of hydrogen-bond donors (Lipinski definition) is 2. The molecule has 6 nitrogen and oxygen atoms in total. The monoisotopic (exact) mass is 521 g/mol. The molecule has 0 bridgehead atoms. The maximum atomic E-state index is 6.01. The van der Waals surface area contributed by atoms with Gasteiger partial charge in [-0.3, -0.25) is 0 Å². The third kappa shape index (κ3) is 6.53. The Morgan fingerprint density at radius 2 is 2.26 bits per heavy atom. The minimum absolute atomic E-state index is 0. The van der Waals surface area contributed by atoms with E-state index in [2.05, 4.69) is 32.7 Å². The number of halogens is 2. The zero-order valence-electron chi connectivity index (χ0n) is 15.5. The molecule has 1 aliphatic rings. The van der Waals surface area contributed by atoms with Crippen LogP contribution in [0.5, 0.6) is 0 Å². The summed E-state index contributed by atoms with van der Waals surface area (Å²) in [4.78, 5) is 8.96. The van der Waals surface area contributed by atoms with E-state index in [1.165, 1.54) is 18.6 Å². The van der Waals surface area contributed by atoms with Gasteiger partial charge in [-0.25, -0.2) is 4.99 Å². The quantitative estimate of drug-likeness (QED) is 0.334. The highest BCUT2D eigenvalue weighted by atomic mass is 127. The lowest BCUT2D eigenvalue weighted by Gasteiger charge is -2.24. The Bertz CT molecular complexity index is 764. The molecule has 2 heterocycles. The molecule has 1 fully saturated rings. The van der Waals surface area contributed by atoms with Gasteiger partial charge in [-0.15, -0.1) is 24.0 Å². The highest BCUT2D eigenvalue weighted by Crippen LogP contribution is 2.36. The van der Waals surface area contributed by atoms with Crippen LogP contribution in [-0.4, -0.2) is 39.7 Å². The zero-order chi connectivity index (χ0) is 18.4. The van der Waals surface area contributed by atoms with Gasteiger partial charge in [0.25, 0.3) is 0 Å². The first-order chi connectivity index (χ1) is 12.6. The molecule has 0 saturated carbocycles. The highest BCUT2D eigenvalue weighted by molar-refractivity contribution is 14.0. The summed E-state index contributed by atoms with van der Waals surface area (Å²) >= 11 is 8.04. The Labute approximate surface area is 186 Å². The molecule has 0 aliphatic carbocycles. The lowest BCUT2D eigenvalue weighted by atomic mass is 10.1. The second-order valence-corrected chi connectivity index (χ2v) is 8.59. The molecule has 1 saturated heterocycles. The summed E-state index contributed by atoms with van der Waals surface area (Å²) < 4.78 is 5.59. The molecule has 0 amide bonds. The maximum absolute atomic E-state index is 6.01. The van der Waals surface area contributed by atoms with Gasteiger partial charge in [0.15, 0.2) is 5.96 Å². The van der Waals surface area contributed by atoms with Crippen molar-refractivity contribution in [1.82, 2.24) is 20.8 Å². The molecule has 1 unspecified atom stereocenters. The summed E-state index contributed by atoms with van der Waals surface area (Å²) in [6, 6.07) is 7.38. The number of aliphatic imine (C=N–C) groups is 1. The van der Waals surface area contributed by atoms with Crippen molar-refractivity contribution in [2.75, 3.05) is 18.8 Å². The van der Waals surface area contributed by atoms with Gasteiger partial charge in [0.05, 0.1) is 0 Å². The number of nitrogens with zero attached hydrogens (tertiary/aromatic N) is 3. The summed E-state index contributed by atoms with van der Waals surface area (Å²) in [7, 11) is 0. The summed E-state index contributed by atoms with van der Waals surface area (Å²) in [5.74, 6) is 2.99. The van der Waals surface area contributed by atoms with Gasteiger partial charge in [0, 0.05) is 28.4 Å². The van der Waals surface area contributed by atoms with Gasteiger partial charge in [0.1, 0.15) is 6.54 Å². The second-order valence-electron chi connectivity index (χ2n) is 6.47. The van der Waals surface area contributed by atoms with E-state index < -0.39 is 0 Å². The summed E-state index contributed by atoms with van der Waals surface area (Å²) in [5, 5.41) is 11.3. The van der Waals surface area contributed by atoms with Crippen LogP contribution in [0, 0.1) is 0 Å². The van der Waals surface area contributed by atoms with E-state index in [1.807, 2.05) is 43.0 Å². The number of thioether (sulfide) groups is 1. The first-order valence-corrected chi connectivity index (χ1v) is 10.2. The first kappa shape index (κ1) is 22.3. The van der Waals surface area contributed by atoms with Crippen molar-refractivity contribution in [2.24, 2.45) is 4.99 Å². The molecule has 1 aromatic heterocycles. The van der Waals surface area contributed by atoms with E-state index in [0.717, 1.165) is 24.6 Å². The maximum Gasteiger partial charge on any atom is 0.248 e. The number of aromatic nitrogens is 2. The van der Waals surface area contributed by atoms with E-state index in [1.54, 1.807) is 0 Å². The van der Waals surface area contributed by atoms with Crippen LogP contribution in [0.3, 0.4) is 0 Å². The molecule has 2 N–H and O–H groups in total. The minimum atomic E-state index is 0. The van der Waals surface area contributed by atoms with Gasteiger partial charge in [-0.05, 0) is 44.6 Å². The fourth-order valence-corrected chi connectivity index (χ4v) is 4.23. The number of hydrogen-bond acceptors (Lipinski definition) is 5. The predicted octanol–water partition coefficient (Wildman–Crippen LogP) is 4.35. The van der Waals surface area contributed by atoms with E-state index in [-0.39, 0.29) is 28.7 Å². The minimum Gasteiger partial charge on any atom is -0.357 e. The van der Waals surface area contributed by atoms with Crippen LogP contribution < -0.4 is 10.6 Å². The van der Waals surface area contributed by atoms with Crippen molar-refractivity contribution in [1.29, 1.82) is 0 Å². The Balaban J connectivity index is 0.00000261. The molecular formula is C18H25ClIN5OS. The summed E-state index contributed by atoms with van der Waals surface area (Å²) in [6.07, 6.45) is 2.52. The van der Waals surface area contributed by atoms with Crippen LogP contribution in [0.2, 0.25) is 5.02 Å². The van der Waals surface area contributed by atoms with E-state index in [4.69, 9.17) is 16.1 Å². The van der Waals surface area contributed by atoms with Crippen LogP contribution in [0.4, 0.5) is 0 Å². The van der Waals surface area contributed by atoms with E-state index in [9.17, 15) is 0 Å². The Morgan fingerprint density at radius 1 is 1.41 bits per heavy atom. The number of guanidine groups is 1. The lowest BCUT2D eigenvalue weighted by molar-refractivity contribution is 0.380. The first-order valence-electron chi connectivity index (χ1n) is 8.83. The van der Waals surface area contributed by atoms with Gasteiger partial charge >= 0.3 is 0 Å². The number of rotatable bonds is 6. The molecule has 148 valence electrons. The molecule has 0 spiro atoms. The van der Waals surface area contributed by atoms with Crippen molar-refractivity contribution in [3.05, 3.63) is 35.2 Å². The Hall–Kier alpha value is -1.000. The van der Waals surface area contributed by atoms with Gasteiger partial charge in [-0.1, -0.05) is 28.9 Å². The average Bonchev–Trinajstić information content (AvgIpc) is 3.27. The lowest BCUT2D eigenvalue weighted by Crippen LogP contribution is -2.43. The SMILES string of the molecule is CCNC(=NCc1nc(-c2cccc(Cl)c2)no1)NCC1(C)CCCS1.I. The molecule has 0 radical (unpaired) electrons. The normalized spacial score (nSPS) is 19.6. The van der Waals surface area contributed by atoms with Crippen molar-refractivity contribution in [2.45, 2.75) is 38.0 Å². The van der Waals surface area contributed by atoms with Gasteiger partial charge in [-0.2, -0.15) is 16.7 Å². The fraction of sp³-hybridized carbons (Fsp3) is 0.500. The molecule has 9 heteroatoms. The average molecular weight is 522 g/mol. The number of nitrogens with one attached hydrogen (secondary N) is 2. The van der Waals surface area contributed by atoms with Crippen LogP contribution in [0.1, 0.15) is 32.6 Å². The van der Waals surface area contributed by atoms with Gasteiger partial charge < -0.3 is 15.2 Å². The van der Waals surface area contributed by atoms with Gasteiger partial charge in [0.2, 0.25) is 11.7 Å². The van der Waals surface area contributed by atoms with Crippen molar-refractivity contribution < 1.29 is 4.52 Å². The van der Waals surface area contributed by atoms with Crippen molar-refractivity contribution >= 4 is 53.3 Å². The van der Waals surface area contributed by atoms with E-state index >= 15 is 0 Å². The Morgan fingerprint density at radius 3 is 2.96 bits per heavy atom. The smallest absolute Gasteiger partial charge is 0.248 e. The molecule has 2 aromatic rings. The van der Waals surface area contributed by atoms with Crippen LogP contribution in [0.15, 0.2) is 33.8 Å². The largest absolute Gasteiger partial charge is 0.357 e. The molecule has 1 atom stereocenters. The fourth-order valence-electron chi connectivity index (χ4n) is 2.80. The van der Waals surface area contributed by atoms with Crippen molar-refractivity contribution in [3.8, 4) is 11.4 Å². The number of benzene rings is 1. The second kappa shape index (κ2) is 10.5. The standard InChI is InChI=1S/C18H24ClN5OS.HI/c1-3-20-17(22-12-18(2)8-5-9-26-18)21-11-15-23-16(24-25-15)13-6-4-7-14(19)10-13;/h4,6-7,10H,3,5,8-9,11-12H2,1-2H3,(H2,20,21,22);1H. The molecule has 3 rings (SSSR count).